The largest absolute Gasteiger partial charge is 0.497 e. The van der Waals surface area contributed by atoms with E-state index >= 15 is 0 Å². The highest BCUT2D eigenvalue weighted by molar-refractivity contribution is 6.11. The van der Waals surface area contributed by atoms with Crippen LogP contribution in [0, 0.1) is 0 Å². The number of hydrogen-bond donors (Lipinski definition) is 4. The van der Waals surface area contributed by atoms with E-state index in [1.54, 1.807) is 31.1 Å². The van der Waals surface area contributed by atoms with Crippen LogP contribution in [0.25, 0.3) is 10.9 Å². The maximum atomic E-state index is 12.7. The van der Waals surface area contributed by atoms with Crippen molar-refractivity contribution in [3.8, 4) is 5.75 Å². The summed E-state index contributed by atoms with van der Waals surface area (Å²) in [5, 5.41) is 3.67. The van der Waals surface area contributed by atoms with E-state index in [9.17, 15) is 9.59 Å². The van der Waals surface area contributed by atoms with Crippen molar-refractivity contribution >= 4 is 28.5 Å². The molecule has 0 aliphatic carbocycles. The number of aromatic nitrogens is 1. The van der Waals surface area contributed by atoms with Gasteiger partial charge in [0.15, 0.2) is 6.54 Å². The first kappa shape index (κ1) is 20.2. The van der Waals surface area contributed by atoms with Crippen molar-refractivity contribution in [1.82, 2.24) is 4.98 Å². The van der Waals surface area contributed by atoms with Crippen LogP contribution < -0.4 is 19.9 Å². The molecule has 1 aliphatic heterocycles. The maximum absolute atomic E-state index is 12.7. The standard InChI is InChI=1S/C20H28N4O4/c1-4-23-8-10-24(11-9-23)13-17(25)22-18-15-12-14(27-3)6-7-16(15)21-19(18)20(26)28-5-2/h6-7,12,21H,4-5,8-11,13H2,1-3H3,(H,22,25)/p+2. The number of likely N-dealkylation sites (N-methyl/N-ethyl adjacent to an activating group) is 1. The molecule has 0 atom stereocenters. The highest BCUT2D eigenvalue weighted by atomic mass is 16.5. The van der Waals surface area contributed by atoms with Crippen LogP contribution in [0.3, 0.4) is 0 Å². The lowest BCUT2D eigenvalue weighted by atomic mass is 10.2. The van der Waals surface area contributed by atoms with Gasteiger partial charge in [-0.15, -0.1) is 0 Å². The second-order valence-corrected chi connectivity index (χ2v) is 7.09. The average molecular weight is 390 g/mol. The molecule has 152 valence electrons. The molecule has 2 aromatic rings. The smallest absolute Gasteiger partial charge is 0.356 e. The van der Waals surface area contributed by atoms with Gasteiger partial charge in [-0.25, -0.2) is 4.79 Å². The number of carbonyl (C=O) groups excluding carboxylic acids is 2. The van der Waals surface area contributed by atoms with Gasteiger partial charge in [0.25, 0.3) is 5.91 Å². The fourth-order valence-corrected chi connectivity index (χ4v) is 3.68. The molecule has 1 aliphatic rings. The van der Waals surface area contributed by atoms with Crippen LogP contribution in [-0.4, -0.2) is 69.8 Å². The normalized spacial score (nSPS) is 19.4. The summed E-state index contributed by atoms with van der Waals surface area (Å²) in [6, 6.07) is 5.43. The van der Waals surface area contributed by atoms with E-state index in [2.05, 4.69) is 17.2 Å². The number of rotatable bonds is 7. The lowest BCUT2D eigenvalue weighted by Crippen LogP contribution is -3.28. The summed E-state index contributed by atoms with van der Waals surface area (Å²) in [4.78, 5) is 31.0. The van der Waals surface area contributed by atoms with E-state index < -0.39 is 5.97 Å². The fourth-order valence-electron chi connectivity index (χ4n) is 3.68. The Labute approximate surface area is 164 Å². The van der Waals surface area contributed by atoms with Gasteiger partial charge in [-0.3, -0.25) is 4.79 Å². The number of carbonyl (C=O) groups is 2. The second kappa shape index (κ2) is 9.07. The van der Waals surface area contributed by atoms with Gasteiger partial charge in [0.05, 0.1) is 25.9 Å². The topological polar surface area (TPSA) is 89.3 Å². The van der Waals surface area contributed by atoms with Gasteiger partial charge in [0, 0.05) is 10.9 Å². The molecule has 3 rings (SSSR count). The number of fused-ring (bicyclic) bond motifs is 1. The number of piperazine rings is 1. The van der Waals surface area contributed by atoms with Crippen molar-refractivity contribution in [2.45, 2.75) is 13.8 Å². The summed E-state index contributed by atoms with van der Waals surface area (Å²) in [6.45, 7) is 9.83. The van der Waals surface area contributed by atoms with Crippen molar-refractivity contribution < 1.29 is 28.9 Å². The molecule has 8 nitrogen and oxygen atoms in total. The lowest BCUT2D eigenvalue weighted by Gasteiger charge is -2.28. The number of esters is 1. The second-order valence-electron chi connectivity index (χ2n) is 7.09. The van der Waals surface area contributed by atoms with Gasteiger partial charge < -0.3 is 29.6 Å². The number of aromatic amines is 1. The molecular formula is C20H30N4O4+2. The predicted octanol–water partition coefficient (Wildman–Crippen LogP) is -0.905. The molecule has 1 saturated heterocycles. The number of ether oxygens (including phenoxy) is 2. The van der Waals surface area contributed by atoms with E-state index in [-0.39, 0.29) is 18.2 Å². The van der Waals surface area contributed by atoms with Crippen LogP contribution in [0.4, 0.5) is 5.69 Å². The van der Waals surface area contributed by atoms with Gasteiger partial charge in [-0.2, -0.15) is 0 Å². The number of benzene rings is 1. The van der Waals surface area contributed by atoms with Crippen LogP contribution in [0.5, 0.6) is 5.75 Å². The molecule has 8 heteroatoms. The van der Waals surface area contributed by atoms with E-state index in [4.69, 9.17) is 9.47 Å². The minimum atomic E-state index is -0.486. The van der Waals surface area contributed by atoms with Crippen molar-refractivity contribution in [1.29, 1.82) is 0 Å². The molecule has 0 saturated carbocycles. The molecule has 0 radical (unpaired) electrons. The minimum absolute atomic E-state index is 0.107. The Bertz CT molecular complexity index is 840. The third-order valence-electron chi connectivity index (χ3n) is 5.32. The zero-order valence-electron chi connectivity index (χ0n) is 16.8. The van der Waals surface area contributed by atoms with Crippen LogP contribution in [-0.2, 0) is 9.53 Å². The van der Waals surface area contributed by atoms with Crippen molar-refractivity contribution in [2.24, 2.45) is 0 Å². The number of quaternary nitrogens is 2. The third kappa shape index (κ3) is 4.45. The Morgan fingerprint density at radius 2 is 1.86 bits per heavy atom. The molecule has 1 amide bonds. The summed E-state index contributed by atoms with van der Waals surface area (Å²) < 4.78 is 10.4. The van der Waals surface area contributed by atoms with E-state index in [0.29, 0.717) is 18.0 Å². The summed E-state index contributed by atoms with van der Waals surface area (Å²) in [5.41, 5.74) is 1.45. The number of nitrogens with one attached hydrogen (secondary N) is 4. The molecule has 1 aromatic carbocycles. The molecule has 0 unspecified atom stereocenters. The van der Waals surface area contributed by atoms with E-state index in [1.165, 1.54) is 4.90 Å². The zero-order chi connectivity index (χ0) is 20.1. The summed E-state index contributed by atoms with van der Waals surface area (Å²) in [6.07, 6.45) is 0. The Balaban J connectivity index is 1.80. The number of H-pyrrole nitrogens is 1. The first-order valence-corrected chi connectivity index (χ1v) is 9.89. The molecule has 0 spiro atoms. The Morgan fingerprint density at radius 1 is 1.14 bits per heavy atom. The quantitative estimate of drug-likeness (QED) is 0.461. The van der Waals surface area contributed by atoms with Gasteiger partial charge in [0.1, 0.15) is 37.6 Å². The van der Waals surface area contributed by atoms with Crippen molar-refractivity contribution in [2.75, 3.05) is 58.3 Å². The van der Waals surface area contributed by atoms with Crippen LogP contribution >= 0.6 is 0 Å². The van der Waals surface area contributed by atoms with E-state index in [0.717, 1.165) is 43.6 Å². The van der Waals surface area contributed by atoms with Gasteiger partial charge >= 0.3 is 5.97 Å². The van der Waals surface area contributed by atoms with Crippen LogP contribution in [0.15, 0.2) is 18.2 Å². The lowest BCUT2D eigenvalue weighted by molar-refractivity contribution is -1.01. The molecule has 1 aromatic heterocycles. The third-order valence-corrected chi connectivity index (χ3v) is 5.32. The van der Waals surface area contributed by atoms with E-state index in [1.807, 2.05) is 6.07 Å². The minimum Gasteiger partial charge on any atom is -0.497 e. The summed E-state index contributed by atoms with van der Waals surface area (Å²) in [5.74, 6) is 0.0615. The average Bonchev–Trinajstić information content (AvgIpc) is 3.06. The number of hydrogen-bond acceptors (Lipinski definition) is 4. The molecule has 28 heavy (non-hydrogen) atoms. The van der Waals surface area contributed by atoms with Gasteiger partial charge in [0.2, 0.25) is 0 Å². The predicted molar refractivity (Wildman–Crippen MR) is 106 cm³/mol. The highest BCUT2D eigenvalue weighted by Gasteiger charge is 2.26. The Kier molecular flexibility index (Phi) is 6.53. The number of amides is 1. The summed E-state index contributed by atoms with van der Waals surface area (Å²) >= 11 is 0. The first-order valence-electron chi connectivity index (χ1n) is 9.89. The summed E-state index contributed by atoms with van der Waals surface area (Å²) in [7, 11) is 1.58. The molecule has 1 fully saturated rings. The fraction of sp³-hybridized carbons (Fsp3) is 0.500. The molecule has 4 N–H and O–H groups in total. The number of anilines is 1. The first-order chi connectivity index (χ1) is 13.5. The SMILES string of the molecule is CCOC(=O)c1[nH]c2ccc(OC)cc2c1NC(=O)C[NH+]1CC[NH+](CC)CC1. The van der Waals surface area contributed by atoms with Crippen LogP contribution in [0.1, 0.15) is 24.3 Å². The molecule has 2 heterocycles. The van der Waals surface area contributed by atoms with Gasteiger partial charge in [-0.05, 0) is 32.0 Å². The zero-order valence-corrected chi connectivity index (χ0v) is 16.8. The Hall–Kier alpha value is -2.58. The highest BCUT2D eigenvalue weighted by Crippen LogP contribution is 2.31. The monoisotopic (exact) mass is 390 g/mol. The Morgan fingerprint density at radius 3 is 2.50 bits per heavy atom. The van der Waals surface area contributed by atoms with Crippen LogP contribution in [0.2, 0.25) is 0 Å². The van der Waals surface area contributed by atoms with Gasteiger partial charge in [-0.1, -0.05) is 0 Å². The molecule has 0 bridgehead atoms. The van der Waals surface area contributed by atoms with Crippen molar-refractivity contribution in [3.05, 3.63) is 23.9 Å². The van der Waals surface area contributed by atoms with Crippen molar-refractivity contribution in [3.63, 3.8) is 0 Å². The number of methoxy groups -OCH3 is 1. The molecular weight excluding hydrogens is 360 g/mol. The maximum Gasteiger partial charge on any atom is 0.356 e.